The molecule has 1 aromatic carbocycles. The van der Waals surface area contributed by atoms with E-state index in [1.54, 1.807) is 0 Å². The van der Waals surface area contributed by atoms with Gasteiger partial charge in [0.2, 0.25) is 0 Å². The highest BCUT2D eigenvalue weighted by Crippen LogP contribution is 2.09. The van der Waals surface area contributed by atoms with E-state index < -0.39 is 0 Å². The van der Waals surface area contributed by atoms with E-state index in [0.29, 0.717) is 0 Å². The van der Waals surface area contributed by atoms with Crippen molar-refractivity contribution in [1.29, 1.82) is 5.26 Å². The molecule has 0 atom stereocenters. The smallest absolute Gasteiger partial charge is 0.0947 e. The quantitative estimate of drug-likeness (QED) is 0.626. The first-order valence-corrected chi connectivity index (χ1v) is 4.43. The highest BCUT2D eigenvalue weighted by molar-refractivity contribution is 5.56. The lowest BCUT2D eigenvalue weighted by molar-refractivity contribution is 1.16. The third-order valence-corrected chi connectivity index (χ3v) is 1.94. The molecule has 1 nitrogen and oxygen atoms in total. The molecule has 0 bridgehead atoms. The monoisotopic (exact) mass is 171 g/mol. The van der Waals surface area contributed by atoms with Gasteiger partial charge in [0.1, 0.15) is 0 Å². The highest BCUT2D eigenvalue weighted by Gasteiger charge is 1.92. The first kappa shape index (κ1) is 9.54. The van der Waals surface area contributed by atoms with Gasteiger partial charge in [-0.05, 0) is 25.0 Å². The lowest BCUT2D eigenvalue weighted by Crippen LogP contribution is -1.78. The maximum atomic E-state index is 8.72. The number of nitriles is 1. The molecule has 1 aromatic rings. The lowest BCUT2D eigenvalue weighted by Gasteiger charge is -1.95. The van der Waals surface area contributed by atoms with Crippen LogP contribution in [0, 0.1) is 18.3 Å². The first-order valence-electron chi connectivity index (χ1n) is 4.43. The number of hydrogen-bond donors (Lipinski definition) is 0. The van der Waals surface area contributed by atoms with Gasteiger partial charge in [0.25, 0.3) is 0 Å². The van der Waals surface area contributed by atoms with E-state index in [-0.39, 0.29) is 0 Å². The van der Waals surface area contributed by atoms with E-state index in [1.165, 1.54) is 5.56 Å². The van der Waals surface area contributed by atoms with Crippen molar-refractivity contribution in [2.24, 2.45) is 0 Å². The van der Waals surface area contributed by atoms with E-state index >= 15 is 0 Å². The van der Waals surface area contributed by atoms with Gasteiger partial charge in [0.05, 0.1) is 6.07 Å². The van der Waals surface area contributed by atoms with Gasteiger partial charge >= 0.3 is 0 Å². The maximum absolute atomic E-state index is 8.72. The Bertz CT molecular complexity index is 338. The maximum Gasteiger partial charge on any atom is 0.0947 e. The third-order valence-electron chi connectivity index (χ3n) is 1.94. The van der Waals surface area contributed by atoms with Gasteiger partial charge < -0.3 is 0 Å². The van der Waals surface area contributed by atoms with Crippen LogP contribution >= 0.6 is 0 Å². The number of allylic oxidation sites excluding steroid dienone is 1. The van der Waals surface area contributed by atoms with Gasteiger partial charge in [-0.25, -0.2) is 0 Å². The second kappa shape index (κ2) is 4.47. The fourth-order valence-electron chi connectivity index (χ4n) is 1.08. The molecule has 0 amide bonds. The van der Waals surface area contributed by atoms with E-state index in [9.17, 15) is 0 Å². The van der Waals surface area contributed by atoms with Crippen LogP contribution in [0.1, 0.15) is 24.5 Å². The Morgan fingerprint density at radius 2 is 2.00 bits per heavy atom. The normalized spacial score (nSPS) is 11.0. The molecule has 0 aliphatic carbocycles. The predicted octanol–water partition coefficient (Wildman–Crippen LogP) is 3.31. The Balaban J connectivity index is 2.92. The summed E-state index contributed by atoms with van der Waals surface area (Å²) in [5.41, 5.74) is 3.17. The van der Waals surface area contributed by atoms with Crippen molar-refractivity contribution in [3.8, 4) is 6.07 Å². The fraction of sp³-hybridized carbons (Fsp3) is 0.250. The van der Waals surface area contributed by atoms with Crippen LogP contribution in [0.5, 0.6) is 0 Å². The van der Waals surface area contributed by atoms with Crippen LogP contribution in [0.4, 0.5) is 0 Å². The molecular weight excluding hydrogens is 158 g/mol. The summed E-state index contributed by atoms with van der Waals surface area (Å²) < 4.78 is 0. The van der Waals surface area contributed by atoms with Gasteiger partial charge in [0.15, 0.2) is 0 Å². The molecule has 0 unspecified atom stereocenters. The van der Waals surface area contributed by atoms with Crippen LogP contribution in [0.2, 0.25) is 0 Å². The summed E-state index contributed by atoms with van der Waals surface area (Å²) >= 11 is 0. The summed E-state index contributed by atoms with van der Waals surface area (Å²) in [7, 11) is 0. The Kier molecular flexibility index (Phi) is 3.28. The second-order valence-electron chi connectivity index (χ2n) is 3.05. The van der Waals surface area contributed by atoms with Crippen molar-refractivity contribution in [2.75, 3.05) is 0 Å². The van der Waals surface area contributed by atoms with E-state index in [4.69, 9.17) is 5.26 Å². The van der Waals surface area contributed by atoms with Crippen molar-refractivity contribution in [3.63, 3.8) is 0 Å². The van der Waals surface area contributed by atoms with E-state index in [0.717, 1.165) is 17.6 Å². The summed E-state index contributed by atoms with van der Waals surface area (Å²) in [6.07, 6.45) is 2.73. The van der Waals surface area contributed by atoms with Crippen molar-refractivity contribution in [2.45, 2.75) is 20.3 Å². The third kappa shape index (κ3) is 2.76. The van der Waals surface area contributed by atoms with E-state index in [1.807, 2.05) is 25.1 Å². The Labute approximate surface area is 79.3 Å². The molecule has 0 saturated carbocycles. The number of aryl methyl sites for hydroxylation is 1. The zero-order chi connectivity index (χ0) is 9.68. The van der Waals surface area contributed by atoms with Gasteiger partial charge in [0, 0.05) is 5.57 Å². The van der Waals surface area contributed by atoms with Crippen LogP contribution < -0.4 is 0 Å². The molecule has 13 heavy (non-hydrogen) atoms. The van der Waals surface area contributed by atoms with Crippen molar-refractivity contribution in [3.05, 3.63) is 41.0 Å². The number of rotatable bonds is 2. The molecule has 0 N–H and O–H groups in total. The molecule has 0 aliphatic heterocycles. The average molecular weight is 171 g/mol. The van der Waals surface area contributed by atoms with Crippen LogP contribution in [0.15, 0.2) is 29.8 Å². The topological polar surface area (TPSA) is 23.8 Å². The zero-order valence-electron chi connectivity index (χ0n) is 8.04. The molecule has 0 heterocycles. The molecule has 0 aliphatic rings. The fourth-order valence-corrected chi connectivity index (χ4v) is 1.08. The summed E-state index contributed by atoms with van der Waals surface area (Å²) in [6.45, 7) is 4.04. The summed E-state index contributed by atoms with van der Waals surface area (Å²) in [4.78, 5) is 0. The van der Waals surface area contributed by atoms with Crippen molar-refractivity contribution >= 4 is 6.08 Å². The minimum Gasteiger partial charge on any atom is -0.193 e. The molecule has 0 spiro atoms. The lowest BCUT2D eigenvalue weighted by atomic mass is 10.1. The average Bonchev–Trinajstić information content (AvgIpc) is 2.17. The van der Waals surface area contributed by atoms with Gasteiger partial charge in [-0.1, -0.05) is 36.8 Å². The van der Waals surface area contributed by atoms with Crippen LogP contribution in [0.25, 0.3) is 6.08 Å². The van der Waals surface area contributed by atoms with E-state index in [2.05, 4.69) is 25.1 Å². The summed E-state index contributed by atoms with van der Waals surface area (Å²) in [5.74, 6) is 0. The molecule has 0 fully saturated rings. The van der Waals surface area contributed by atoms with Crippen molar-refractivity contribution in [1.82, 2.24) is 0 Å². The number of nitrogens with zero attached hydrogens (tertiary/aromatic N) is 1. The number of hydrogen-bond acceptors (Lipinski definition) is 1. The van der Waals surface area contributed by atoms with Crippen LogP contribution in [0.3, 0.4) is 0 Å². The van der Waals surface area contributed by atoms with Gasteiger partial charge in [-0.2, -0.15) is 5.26 Å². The largest absolute Gasteiger partial charge is 0.193 e. The first-order chi connectivity index (χ1) is 6.26. The second-order valence-corrected chi connectivity index (χ2v) is 3.05. The van der Waals surface area contributed by atoms with Gasteiger partial charge in [-0.15, -0.1) is 0 Å². The van der Waals surface area contributed by atoms with Gasteiger partial charge in [-0.3, -0.25) is 0 Å². The molecule has 66 valence electrons. The summed E-state index contributed by atoms with van der Waals surface area (Å²) in [6, 6.07) is 10.3. The van der Waals surface area contributed by atoms with Crippen LogP contribution in [-0.4, -0.2) is 0 Å². The molecule has 0 radical (unpaired) electrons. The molecular formula is C12H13N. The standard InChI is InChI=1S/C12H13N/c1-3-11(9-13)8-12-6-4-10(2)5-7-12/h4-8H,3H2,1-2H3/b11-8+. The molecule has 0 saturated heterocycles. The van der Waals surface area contributed by atoms with Crippen LogP contribution in [-0.2, 0) is 0 Å². The van der Waals surface area contributed by atoms with Crippen molar-refractivity contribution < 1.29 is 0 Å². The minimum atomic E-state index is 0.796. The zero-order valence-corrected chi connectivity index (χ0v) is 8.04. The SMILES string of the molecule is CC/C(C#N)=C\c1ccc(C)cc1. The molecule has 0 aromatic heterocycles. The molecule has 1 rings (SSSR count). The predicted molar refractivity (Wildman–Crippen MR) is 55.1 cm³/mol. The Hall–Kier alpha value is -1.55. The Morgan fingerprint density at radius 3 is 2.46 bits per heavy atom. The molecule has 1 heteroatoms. The summed E-state index contributed by atoms with van der Waals surface area (Å²) in [5, 5.41) is 8.72. The minimum absolute atomic E-state index is 0.796. The number of benzene rings is 1. The Morgan fingerprint density at radius 1 is 1.38 bits per heavy atom. The highest BCUT2D eigenvalue weighted by atomic mass is 14.2.